The zero-order chi connectivity index (χ0) is 20.9. The van der Waals surface area contributed by atoms with E-state index in [2.05, 4.69) is 20.8 Å². The van der Waals surface area contributed by atoms with Crippen LogP contribution in [0.4, 0.5) is 0 Å². The van der Waals surface area contributed by atoms with Gasteiger partial charge in [-0.3, -0.25) is 4.79 Å². The van der Waals surface area contributed by atoms with Crippen LogP contribution in [0.15, 0.2) is 0 Å². The second kappa shape index (κ2) is 8.12. The van der Waals surface area contributed by atoms with E-state index in [1.54, 1.807) is 0 Å². The molecular weight excluding hydrogens is 380 g/mol. The molecule has 0 heterocycles. The van der Waals surface area contributed by atoms with Crippen molar-refractivity contribution in [3.8, 4) is 0 Å². The van der Waals surface area contributed by atoms with Gasteiger partial charge in [-0.25, -0.2) is 0 Å². The molecule has 0 aromatic carbocycles. The van der Waals surface area contributed by atoms with Gasteiger partial charge in [0.1, 0.15) is 5.78 Å². The molecule has 4 aliphatic carbocycles. The van der Waals surface area contributed by atoms with Crippen molar-refractivity contribution in [1.29, 1.82) is 0 Å². The molecular formula is C26H43ClO2. The fraction of sp³-hybridized carbons (Fsp3) is 0.962. The summed E-state index contributed by atoms with van der Waals surface area (Å²) in [7, 11) is 0. The van der Waals surface area contributed by atoms with E-state index in [9.17, 15) is 4.79 Å². The number of hydrogen-bond donors (Lipinski definition) is 0. The lowest BCUT2D eigenvalue weighted by atomic mass is 9.44. The van der Waals surface area contributed by atoms with Gasteiger partial charge in [-0.15, -0.1) is 11.6 Å². The molecule has 4 aliphatic rings. The van der Waals surface area contributed by atoms with Crippen LogP contribution in [0.1, 0.15) is 105 Å². The van der Waals surface area contributed by atoms with Gasteiger partial charge in [-0.1, -0.05) is 33.6 Å². The number of alkyl halides is 1. The van der Waals surface area contributed by atoms with Crippen molar-refractivity contribution in [3.63, 3.8) is 0 Å². The summed E-state index contributed by atoms with van der Waals surface area (Å²) in [6.45, 7) is 9.94. The molecule has 8 atom stereocenters. The van der Waals surface area contributed by atoms with E-state index in [1.807, 2.05) is 6.92 Å². The van der Waals surface area contributed by atoms with Crippen LogP contribution in [0.5, 0.6) is 0 Å². The van der Waals surface area contributed by atoms with Crippen LogP contribution in [0.2, 0.25) is 0 Å². The van der Waals surface area contributed by atoms with Crippen molar-refractivity contribution >= 4 is 17.4 Å². The minimum Gasteiger partial charge on any atom is -0.378 e. The molecule has 0 aromatic rings. The Labute approximate surface area is 183 Å². The predicted octanol–water partition coefficient (Wildman–Crippen LogP) is 7.17. The Morgan fingerprint density at radius 1 is 1.00 bits per heavy atom. The standard InChI is InChI=1S/C26H43ClO2/c1-5-6-7-16-29-20-12-13-25(4)19(17-20)8-9-23-22-11-10-21(18(2)28)24(22,3)14-15-26(23,25)27/h19-23H,5-17H2,1-4H3/t19?,20?,21-,22+,23+,24-,25+,26-/m1/s1. The lowest BCUT2D eigenvalue weighted by molar-refractivity contribution is -0.134. The van der Waals surface area contributed by atoms with E-state index in [4.69, 9.17) is 16.3 Å². The molecule has 0 spiro atoms. The molecule has 0 saturated heterocycles. The smallest absolute Gasteiger partial charge is 0.133 e. The largest absolute Gasteiger partial charge is 0.378 e. The molecule has 0 radical (unpaired) electrons. The molecule has 4 saturated carbocycles. The Bertz CT molecular complexity index is 620. The van der Waals surface area contributed by atoms with Gasteiger partial charge >= 0.3 is 0 Å². The van der Waals surface area contributed by atoms with Crippen molar-refractivity contribution in [1.82, 2.24) is 0 Å². The first-order chi connectivity index (χ1) is 13.8. The quantitative estimate of drug-likeness (QED) is 0.335. The summed E-state index contributed by atoms with van der Waals surface area (Å²) in [5.41, 5.74) is 0.425. The molecule has 2 unspecified atom stereocenters. The summed E-state index contributed by atoms with van der Waals surface area (Å²) in [4.78, 5) is 12.3. The van der Waals surface area contributed by atoms with Crippen LogP contribution in [0.3, 0.4) is 0 Å². The summed E-state index contributed by atoms with van der Waals surface area (Å²) >= 11 is 7.72. The highest BCUT2D eigenvalue weighted by Crippen LogP contribution is 2.71. The van der Waals surface area contributed by atoms with Gasteiger partial charge in [0.25, 0.3) is 0 Å². The van der Waals surface area contributed by atoms with Crippen LogP contribution in [0.25, 0.3) is 0 Å². The third-order valence-electron chi connectivity index (χ3n) is 10.3. The van der Waals surface area contributed by atoms with Crippen molar-refractivity contribution in [2.24, 2.45) is 34.5 Å². The summed E-state index contributed by atoms with van der Waals surface area (Å²) < 4.78 is 6.29. The minimum absolute atomic E-state index is 0.0705. The summed E-state index contributed by atoms with van der Waals surface area (Å²) in [5, 5.41) is 0. The number of carbonyl (C=O) groups is 1. The predicted molar refractivity (Wildman–Crippen MR) is 120 cm³/mol. The number of ketones is 1. The maximum Gasteiger partial charge on any atom is 0.133 e. The molecule has 0 amide bonds. The van der Waals surface area contributed by atoms with E-state index in [-0.39, 0.29) is 21.6 Å². The van der Waals surface area contributed by atoms with Crippen molar-refractivity contribution in [3.05, 3.63) is 0 Å². The van der Waals surface area contributed by atoms with Crippen LogP contribution < -0.4 is 0 Å². The highest BCUT2D eigenvalue weighted by molar-refractivity contribution is 6.25. The number of fused-ring (bicyclic) bond motifs is 5. The fourth-order valence-corrected chi connectivity index (χ4v) is 9.13. The summed E-state index contributed by atoms with van der Waals surface area (Å²) in [6.07, 6.45) is 14.9. The van der Waals surface area contributed by atoms with Crippen LogP contribution in [-0.2, 0) is 9.53 Å². The van der Waals surface area contributed by atoms with Crippen LogP contribution >= 0.6 is 11.6 Å². The first-order valence-electron chi connectivity index (χ1n) is 12.6. The van der Waals surface area contributed by atoms with Crippen molar-refractivity contribution in [2.45, 2.75) is 116 Å². The molecule has 166 valence electrons. The van der Waals surface area contributed by atoms with Crippen LogP contribution in [-0.4, -0.2) is 23.4 Å². The lowest BCUT2D eigenvalue weighted by Crippen LogP contribution is -2.63. The minimum atomic E-state index is -0.0705. The van der Waals surface area contributed by atoms with E-state index in [1.165, 1.54) is 57.8 Å². The first-order valence-corrected chi connectivity index (χ1v) is 12.9. The Balaban J connectivity index is 1.48. The Morgan fingerprint density at radius 2 is 1.76 bits per heavy atom. The van der Waals surface area contributed by atoms with Gasteiger partial charge in [-0.05, 0) is 99.7 Å². The Hall–Kier alpha value is -0.0800. The van der Waals surface area contributed by atoms with Crippen molar-refractivity contribution < 1.29 is 9.53 Å². The molecule has 0 aliphatic heterocycles. The third kappa shape index (κ3) is 3.43. The van der Waals surface area contributed by atoms with Crippen LogP contribution in [0, 0.1) is 34.5 Å². The zero-order valence-corrected chi connectivity index (χ0v) is 20.0. The highest BCUT2D eigenvalue weighted by Gasteiger charge is 2.67. The summed E-state index contributed by atoms with van der Waals surface area (Å²) in [6, 6.07) is 0. The van der Waals surface area contributed by atoms with Crippen molar-refractivity contribution in [2.75, 3.05) is 6.61 Å². The molecule has 3 heteroatoms. The lowest BCUT2D eigenvalue weighted by Gasteiger charge is -2.65. The molecule has 4 fully saturated rings. The fourth-order valence-electron chi connectivity index (χ4n) is 8.52. The van der Waals surface area contributed by atoms with Gasteiger partial charge in [0.2, 0.25) is 0 Å². The molecule has 0 bridgehead atoms. The van der Waals surface area contributed by atoms with E-state index in [0.717, 1.165) is 25.9 Å². The SMILES string of the molecule is CCCCCOC1CC[C@@]2(C)C(CC[C@H]3[C@@H]4CC[C@H](C(C)=O)[C@@]4(C)CC[C@@]32Cl)C1. The maximum absolute atomic E-state index is 12.4. The number of Topliss-reactive ketones (excluding diaryl/α,β-unsaturated/α-hetero) is 1. The Kier molecular flexibility index (Phi) is 6.19. The topological polar surface area (TPSA) is 26.3 Å². The van der Waals surface area contributed by atoms with Gasteiger partial charge in [0, 0.05) is 12.5 Å². The number of hydrogen-bond acceptors (Lipinski definition) is 2. The monoisotopic (exact) mass is 422 g/mol. The zero-order valence-electron chi connectivity index (χ0n) is 19.3. The average Bonchev–Trinajstić information content (AvgIpc) is 3.04. The van der Waals surface area contributed by atoms with E-state index in [0.29, 0.717) is 29.6 Å². The third-order valence-corrected chi connectivity index (χ3v) is 11.2. The van der Waals surface area contributed by atoms with E-state index < -0.39 is 0 Å². The average molecular weight is 423 g/mol. The number of unbranched alkanes of at least 4 members (excludes halogenated alkanes) is 2. The molecule has 2 nitrogen and oxygen atoms in total. The number of ether oxygens (including phenoxy) is 1. The first kappa shape index (κ1) is 22.1. The van der Waals surface area contributed by atoms with Gasteiger partial charge in [0.15, 0.2) is 0 Å². The summed E-state index contributed by atoms with van der Waals surface area (Å²) in [5.74, 6) is 2.62. The molecule has 0 aromatic heterocycles. The second-order valence-electron chi connectivity index (χ2n) is 11.5. The number of rotatable bonds is 6. The number of halogens is 1. The van der Waals surface area contributed by atoms with Gasteiger partial charge < -0.3 is 4.74 Å². The number of carbonyl (C=O) groups excluding carboxylic acids is 1. The molecule has 4 rings (SSSR count). The second-order valence-corrected chi connectivity index (χ2v) is 12.2. The highest BCUT2D eigenvalue weighted by atomic mass is 35.5. The maximum atomic E-state index is 12.4. The normalized spacial score (nSPS) is 49.2. The molecule has 0 N–H and O–H groups in total. The Morgan fingerprint density at radius 3 is 2.48 bits per heavy atom. The van der Waals surface area contributed by atoms with E-state index >= 15 is 0 Å². The molecule has 29 heavy (non-hydrogen) atoms. The van der Waals surface area contributed by atoms with Gasteiger partial charge in [-0.2, -0.15) is 0 Å². The van der Waals surface area contributed by atoms with Gasteiger partial charge in [0.05, 0.1) is 11.0 Å².